The van der Waals surface area contributed by atoms with Crippen LogP contribution < -0.4 is 0 Å². The first kappa shape index (κ1) is 35.8. The van der Waals surface area contributed by atoms with Gasteiger partial charge in [0.1, 0.15) is 16.8 Å². The molecule has 0 saturated carbocycles. The van der Waals surface area contributed by atoms with Crippen molar-refractivity contribution in [1.29, 1.82) is 0 Å². The Morgan fingerprint density at radius 1 is 0.339 bits per heavy atom. The summed E-state index contributed by atoms with van der Waals surface area (Å²) < 4.78 is 8.71. The van der Waals surface area contributed by atoms with Gasteiger partial charge in [-0.1, -0.05) is 164 Å². The summed E-state index contributed by atoms with van der Waals surface area (Å²) in [5.41, 5.74) is 12.3. The van der Waals surface area contributed by atoms with Gasteiger partial charge in [-0.15, -0.1) is 11.3 Å². The van der Waals surface area contributed by atoms with Crippen LogP contribution in [-0.2, 0) is 0 Å². The lowest BCUT2D eigenvalue weighted by molar-refractivity contribution is 0.667. The molecule has 12 rings (SSSR count). The van der Waals surface area contributed by atoms with Crippen molar-refractivity contribution in [3.8, 4) is 79.1 Å². The smallest absolute Gasteiger partial charge is 0.180 e. The molecule has 0 N–H and O–H groups in total. The third-order valence-corrected chi connectivity index (χ3v) is 12.5. The number of fused-ring (bicyclic) bond motifs is 6. The number of aromatic nitrogens is 5. The first-order chi connectivity index (χ1) is 30.7. The van der Waals surface area contributed by atoms with E-state index in [1.807, 2.05) is 72.8 Å². The average molecular weight is 812 g/mol. The maximum atomic E-state index is 6.34. The Morgan fingerprint density at radius 2 is 0.887 bits per heavy atom. The van der Waals surface area contributed by atoms with E-state index in [0.29, 0.717) is 28.9 Å². The average Bonchev–Trinajstić information content (AvgIpc) is 3.93. The second-order valence-electron chi connectivity index (χ2n) is 15.2. The van der Waals surface area contributed by atoms with E-state index < -0.39 is 0 Å². The fourth-order valence-corrected chi connectivity index (χ4v) is 9.44. The minimum absolute atomic E-state index is 0.629. The minimum Gasteiger partial charge on any atom is -0.452 e. The molecule has 62 heavy (non-hydrogen) atoms. The molecule has 0 aliphatic rings. The molecule has 0 aliphatic heterocycles. The van der Waals surface area contributed by atoms with Crippen LogP contribution in [-0.4, -0.2) is 24.9 Å². The number of nitrogens with zero attached hydrogens (tertiary/aromatic N) is 5. The van der Waals surface area contributed by atoms with Crippen LogP contribution in [0.15, 0.2) is 205 Å². The summed E-state index contributed by atoms with van der Waals surface area (Å²) in [6.07, 6.45) is 0. The van der Waals surface area contributed by atoms with E-state index in [1.54, 1.807) is 11.3 Å². The van der Waals surface area contributed by atoms with E-state index >= 15 is 0 Å². The number of benzene rings is 8. The molecule has 0 amide bonds. The molecule has 0 unspecified atom stereocenters. The minimum atomic E-state index is 0.629. The van der Waals surface area contributed by atoms with Gasteiger partial charge in [0.25, 0.3) is 0 Å². The van der Waals surface area contributed by atoms with Gasteiger partial charge in [-0.25, -0.2) is 24.9 Å². The van der Waals surface area contributed by atoms with E-state index in [-0.39, 0.29) is 0 Å². The molecule has 0 aliphatic carbocycles. The summed E-state index contributed by atoms with van der Waals surface area (Å²) in [4.78, 5) is 25.6. The van der Waals surface area contributed by atoms with Crippen molar-refractivity contribution in [1.82, 2.24) is 24.9 Å². The van der Waals surface area contributed by atoms with Crippen molar-refractivity contribution in [3.05, 3.63) is 200 Å². The molecule has 8 aromatic carbocycles. The summed E-state index contributed by atoms with van der Waals surface area (Å²) in [6, 6.07) is 68.8. The van der Waals surface area contributed by atoms with Crippen molar-refractivity contribution in [3.63, 3.8) is 0 Å². The lowest BCUT2D eigenvalue weighted by Crippen LogP contribution is -2.00. The summed E-state index contributed by atoms with van der Waals surface area (Å²) >= 11 is 1.78. The third-order valence-electron chi connectivity index (χ3n) is 11.4. The second kappa shape index (κ2) is 14.9. The Kier molecular flexibility index (Phi) is 8.57. The molecule has 0 saturated heterocycles. The maximum absolute atomic E-state index is 6.34. The van der Waals surface area contributed by atoms with Gasteiger partial charge < -0.3 is 4.42 Å². The van der Waals surface area contributed by atoms with Gasteiger partial charge >= 0.3 is 0 Å². The number of thiophene rings is 1. The van der Waals surface area contributed by atoms with Gasteiger partial charge in [-0.3, -0.25) is 0 Å². The van der Waals surface area contributed by atoms with Crippen molar-refractivity contribution < 1.29 is 4.42 Å². The first-order valence-electron chi connectivity index (χ1n) is 20.5. The van der Waals surface area contributed by atoms with E-state index in [2.05, 4.69) is 127 Å². The van der Waals surface area contributed by atoms with Gasteiger partial charge in [-0.05, 0) is 58.7 Å². The summed E-state index contributed by atoms with van der Waals surface area (Å²) in [7, 11) is 0. The Balaban J connectivity index is 0.961. The van der Waals surface area contributed by atoms with Crippen LogP contribution in [0.1, 0.15) is 0 Å². The highest BCUT2D eigenvalue weighted by Gasteiger charge is 2.20. The van der Waals surface area contributed by atoms with Gasteiger partial charge in [0.2, 0.25) is 0 Å². The predicted octanol–water partition coefficient (Wildman–Crippen LogP) is 14.6. The quantitative estimate of drug-likeness (QED) is 0.160. The zero-order chi connectivity index (χ0) is 41.0. The number of hydrogen-bond acceptors (Lipinski definition) is 7. The second-order valence-corrected chi connectivity index (χ2v) is 16.3. The molecule has 0 spiro atoms. The van der Waals surface area contributed by atoms with Gasteiger partial charge in [0.15, 0.2) is 28.9 Å². The molecule has 7 heteroatoms. The van der Waals surface area contributed by atoms with E-state index in [4.69, 9.17) is 29.3 Å². The number of hydrogen-bond donors (Lipinski definition) is 0. The van der Waals surface area contributed by atoms with Crippen molar-refractivity contribution in [2.75, 3.05) is 0 Å². The molecule has 0 fully saturated rings. The topological polar surface area (TPSA) is 77.6 Å². The summed E-state index contributed by atoms with van der Waals surface area (Å²) in [5, 5.41) is 3.25. The van der Waals surface area contributed by atoms with Gasteiger partial charge in [0.05, 0.1) is 0 Å². The molecule has 0 atom stereocenters. The Labute approximate surface area is 360 Å². The van der Waals surface area contributed by atoms with Crippen molar-refractivity contribution in [2.24, 2.45) is 0 Å². The van der Waals surface area contributed by atoms with E-state index in [1.165, 1.54) is 9.40 Å². The zero-order valence-electron chi connectivity index (χ0n) is 33.1. The van der Waals surface area contributed by atoms with E-state index in [9.17, 15) is 0 Å². The lowest BCUT2D eigenvalue weighted by atomic mass is 9.99. The molecular formula is C55H33N5OS. The normalized spacial score (nSPS) is 11.5. The number of rotatable bonds is 7. The molecule has 6 nitrogen and oxygen atoms in total. The fraction of sp³-hybridized carbons (Fsp3) is 0. The summed E-state index contributed by atoms with van der Waals surface area (Å²) in [6.45, 7) is 0. The van der Waals surface area contributed by atoms with Crippen LogP contribution in [0.5, 0.6) is 0 Å². The Hall–Kier alpha value is -8.13. The van der Waals surface area contributed by atoms with Crippen LogP contribution in [0.3, 0.4) is 0 Å². The Bertz CT molecular complexity index is 3620. The largest absolute Gasteiger partial charge is 0.452 e. The number of para-hydroxylation sites is 1. The molecule has 12 aromatic rings. The van der Waals surface area contributed by atoms with E-state index in [0.717, 1.165) is 83.0 Å². The SMILES string of the molecule is c1ccc(-c2cccc(-c3nc(-c4ccccc4)nc(-c4cccc5sc6ccc(-c7ccc(-c8nc(-c9ccccc9)c9oc%10ccccc%10c9n8)cc7)cc6c45)n3)c2)cc1. The highest BCUT2D eigenvalue weighted by Crippen LogP contribution is 2.42. The third kappa shape index (κ3) is 6.31. The highest BCUT2D eigenvalue weighted by molar-refractivity contribution is 7.26. The molecule has 0 bridgehead atoms. The molecular weight excluding hydrogens is 779 g/mol. The fourth-order valence-electron chi connectivity index (χ4n) is 8.33. The van der Waals surface area contributed by atoms with Crippen LogP contribution in [0.2, 0.25) is 0 Å². The van der Waals surface area contributed by atoms with Crippen LogP contribution in [0.4, 0.5) is 0 Å². The van der Waals surface area contributed by atoms with Crippen LogP contribution in [0, 0.1) is 0 Å². The molecule has 0 radical (unpaired) electrons. The molecule has 4 heterocycles. The monoisotopic (exact) mass is 811 g/mol. The predicted molar refractivity (Wildman–Crippen MR) is 254 cm³/mol. The number of furan rings is 1. The maximum Gasteiger partial charge on any atom is 0.180 e. The van der Waals surface area contributed by atoms with Crippen LogP contribution in [0.25, 0.3) is 121 Å². The summed E-state index contributed by atoms with van der Waals surface area (Å²) in [5.74, 6) is 2.55. The first-order valence-corrected chi connectivity index (χ1v) is 21.3. The zero-order valence-corrected chi connectivity index (χ0v) is 33.9. The lowest BCUT2D eigenvalue weighted by Gasteiger charge is -2.11. The van der Waals surface area contributed by atoms with Gasteiger partial charge in [0, 0.05) is 53.4 Å². The Morgan fingerprint density at radius 3 is 1.68 bits per heavy atom. The van der Waals surface area contributed by atoms with Gasteiger partial charge in [-0.2, -0.15) is 0 Å². The highest BCUT2D eigenvalue weighted by atomic mass is 32.1. The van der Waals surface area contributed by atoms with Crippen molar-refractivity contribution >= 4 is 53.6 Å². The van der Waals surface area contributed by atoms with Crippen LogP contribution >= 0.6 is 11.3 Å². The van der Waals surface area contributed by atoms with Crippen molar-refractivity contribution in [2.45, 2.75) is 0 Å². The standard InChI is InChI=1S/C55H33N5OS/c1-4-14-34(15-5-1)39-20-12-21-41(32-39)54-58-53(37-18-8-3-9-19-37)59-55(60-54)43-23-13-25-47-48(43)44-33-40(30-31-46(44)62-47)35-26-28-38(29-27-35)52-56-49(36-16-6-2-7-17-36)51-50(57-52)42-22-10-11-24-45(42)61-51/h1-33H. The molecule has 290 valence electrons. The molecule has 4 aromatic heterocycles.